The molecule has 0 amide bonds. The van der Waals surface area contributed by atoms with E-state index < -0.39 is 5.97 Å². The van der Waals surface area contributed by atoms with Crippen molar-refractivity contribution in [3.8, 4) is 0 Å². The first kappa shape index (κ1) is 17.6. The largest absolute Gasteiger partial charge is 0.480 e. The molecule has 1 heterocycles. The number of hydrogen-bond acceptors (Lipinski definition) is 3. The molecule has 0 saturated carbocycles. The van der Waals surface area contributed by atoms with Crippen molar-refractivity contribution in [2.45, 2.75) is 19.0 Å². The zero-order chi connectivity index (χ0) is 17.8. The molecule has 0 bridgehead atoms. The summed E-state index contributed by atoms with van der Waals surface area (Å²) >= 11 is 0. The number of benzene rings is 2. The summed E-state index contributed by atoms with van der Waals surface area (Å²) in [5.41, 5.74) is 2.21. The van der Waals surface area contributed by atoms with E-state index in [0.29, 0.717) is 6.54 Å². The van der Waals surface area contributed by atoms with Crippen LogP contribution in [0.15, 0.2) is 54.6 Å². The summed E-state index contributed by atoms with van der Waals surface area (Å²) < 4.78 is 13.4. The van der Waals surface area contributed by atoms with Gasteiger partial charge in [0.2, 0.25) is 0 Å². The van der Waals surface area contributed by atoms with Crippen LogP contribution in [-0.2, 0) is 4.79 Å². The van der Waals surface area contributed by atoms with E-state index in [2.05, 4.69) is 24.0 Å². The second-order valence-corrected chi connectivity index (χ2v) is 6.57. The van der Waals surface area contributed by atoms with Gasteiger partial charge in [0.25, 0.3) is 0 Å². The fourth-order valence-electron chi connectivity index (χ4n) is 3.56. The molecule has 0 spiro atoms. The van der Waals surface area contributed by atoms with Gasteiger partial charge < -0.3 is 5.11 Å². The Morgan fingerprint density at radius 2 is 1.76 bits per heavy atom. The van der Waals surface area contributed by atoms with E-state index in [9.17, 15) is 9.18 Å². The van der Waals surface area contributed by atoms with E-state index in [4.69, 9.17) is 5.11 Å². The molecule has 132 valence electrons. The number of rotatable bonds is 5. The fraction of sp³-hybridized carbons (Fsp3) is 0.350. The van der Waals surface area contributed by atoms with E-state index in [1.54, 1.807) is 0 Å². The Kier molecular flexibility index (Phi) is 5.46. The van der Waals surface area contributed by atoms with E-state index in [1.165, 1.54) is 12.1 Å². The fourth-order valence-corrected chi connectivity index (χ4v) is 3.56. The molecule has 2 aromatic carbocycles. The van der Waals surface area contributed by atoms with Crippen LogP contribution in [0.4, 0.5) is 4.39 Å². The molecule has 0 unspecified atom stereocenters. The summed E-state index contributed by atoms with van der Waals surface area (Å²) in [5.74, 6) is -1.03. The minimum atomic E-state index is -0.793. The molecule has 3 rings (SSSR count). The Hall–Kier alpha value is -2.24. The molecule has 0 radical (unpaired) electrons. The molecule has 4 nitrogen and oxygen atoms in total. The van der Waals surface area contributed by atoms with Crippen LogP contribution in [0, 0.1) is 5.82 Å². The minimum Gasteiger partial charge on any atom is -0.480 e. The predicted molar refractivity (Wildman–Crippen MR) is 94.9 cm³/mol. The molecule has 1 N–H and O–H groups in total. The normalized spacial score (nSPS) is 20.3. The number of hydrogen-bond donors (Lipinski definition) is 1. The SMILES string of the molecule is C[C@@H]1CN([C@@H](c2ccccc2)c2ccc(F)cc2)CCN1CC(=O)O. The van der Waals surface area contributed by atoms with Crippen LogP contribution in [0.2, 0.25) is 0 Å². The molecule has 0 aliphatic carbocycles. The summed E-state index contributed by atoms with van der Waals surface area (Å²) in [6.07, 6.45) is 0. The number of piperazine rings is 1. The van der Waals surface area contributed by atoms with E-state index in [-0.39, 0.29) is 24.4 Å². The highest BCUT2D eigenvalue weighted by Gasteiger charge is 2.30. The number of carboxylic acid groups (broad SMARTS) is 1. The van der Waals surface area contributed by atoms with Gasteiger partial charge in [-0.1, -0.05) is 42.5 Å². The van der Waals surface area contributed by atoms with Crippen LogP contribution in [0.25, 0.3) is 0 Å². The molecular weight excluding hydrogens is 319 g/mol. The molecule has 1 aliphatic heterocycles. The highest BCUT2D eigenvalue weighted by atomic mass is 19.1. The van der Waals surface area contributed by atoms with Crippen molar-refractivity contribution < 1.29 is 14.3 Å². The molecule has 2 atom stereocenters. The summed E-state index contributed by atoms with van der Waals surface area (Å²) in [6.45, 7) is 4.38. The lowest BCUT2D eigenvalue weighted by atomic mass is 9.95. The maximum absolute atomic E-state index is 13.4. The van der Waals surface area contributed by atoms with Gasteiger partial charge in [-0.05, 0) is 30.2 Å². The number of nitrogens with zero attached hydrogens (tertiary/aromatic N) is 2. The number of carboxylic acids is 1. The average Bonchev–Trinajstić information content (AvgIpc) is 2.60. The van der Waals surface area contributed by atoms with Gasteiger partial charge in [-0.2, -0.15) is 0 Å². The zero-order valence-corrected chi connectivity index (χ0v) is 14.3. The van der Waals surface area contributed by atoms with Crippen molar-refractivity contribution in [3.63, 3.8) is 0 Å². The van der Waals surface area contributed by atoms with E-state index in [1.807, 2.05) is 35.2 Å². The lowest BCUT2D eigenvalue weighted by Gasteiger charge is -2.43. The highest BCUT2D eigenvalue weighted by molar-refractivity contribution is 5.69. The second kappa shape index (κ2) is 7.76. The predicted octanol–water partition coefficient (Wildman–Crippen LogP) is 3.01. The van der Waals surface area contributed by atoms with Crippen molar-refractivity contribution in [3.05, 3.63) is 71.5 Å². The van der Waals surface area contributed by atoms with E-state index >= 15 is 0 Å². The minimum absolute atomic E-state index is 0.0382. The monoisotopic (exact) mass is 342 g/mol. The lowest BCUT2D eigenvalue weighted by molar-refractivity contribution is -0.139. The van der Waals surface area contributed by atoms with Crippen molar-refractivity contribution in [2.24, 2.45) is 0 Å². The Balaban J connectivity index is 1.86. The first-order chi connectivity index (χ1) is 12.0. The maximum atomic E-state index is 13.4. The van der Waals surface area contributed by atoms with Crippen molar-refractivity contribution >= 4 is 5.97 Å². The maximum Gasteiger partial charge on any atom is 0.317 e. The number of carbonyl (C=O) groups is 1. The zero-order valence-electron chi connectivity index (χ0n) is 14.3. The summed E-state index contributed by atoms with van der Waals surface area (Å²) in [7, 11) is 0. The van der Waals surface area contributed by atoms with Crippen molar-refractivity contribution in [1.82, 2.24) is 9.80 Å². The third-order valence-electron chi connectivity index (χ3n) is 4.80. The molecular formula is C20H23FN2O2. The van der Waals surface area contributed by atoms with Crippen LogP contribution in [0.5, 0.6) is 0 Å². The quantitative estimate of drug-likeness (QED) is 0.907. The van der Waals surface area contributed by atoms with Crippen molar-refractivity contribution in [2.75, 3.05) is 26.2 Å². The average molecular weight is 342 g/mol. The Bertz CT molecular complexity index is 705. The third-order valence-corrected chi connectivity index (χ3v) is 4.80. The third kappa shape index (κ3) is 4.24. The van der Waals surface area contributed by atoms with Gasteiger partial charge in [-0.3, -0.25) is 14.6 Å². The van der Waals surface area contributed by atoms with Crippen LogP contribution >= 0.6 is 0 Å². The van der Waals surface area contributed by atoms with Crippen LogP contribution in [0.3, 0.4) is 0 Å². The smallest absolute Gasteiger partial charge is 0.317 e. The first-order valence-corrected chi connectivity index (χ1v) is 8.55. The lowest BCUT2D eigenvalue weighted by Crippen LogP contribution is -2.54. The van der Waals surface area contributed by atoms with Gasteiger partial charge in [0.05, 0.1) is 12.6 Å². The summed E-state index contributed by atoms with van der Waals surface area (Å²) in [4.78, 5) is 15.4. The molecule has 2 aromatic rings. The van der Waals surface area contributed by atoms with E-state index in [0.717, 1.165) is 24.2 Å². The summed E-state index contributed by atoms with van der Waals surface area (Å²) in [6, 6.07) is 17.0. The standard InChI is InChI=1S/C20H23FN2O2/c1-15-13-23(12-11-22(15)14-19(24)25)20(16-5-3-2-4-6-16)17-7-9-18(21)10-8-17/h2-10,15,20H,11-14H2,1H3,(H,24,25)/t15-,20+/m1/s1. The van der Waals surface area contributed by atoms with Gasteiger partial charge in [-0.25, -0.2) is 4.39 Å². The molecule has 1 saturated heterocycles. The van der Waals surface area contributed by atoms with Gasteiger partial charge in [-0.15, -0.1) is 0 Å². The second-order valence-electron chi connectivity index (χ2n) is 6.57. The van der Waals surface area contributed by atoms with Gasteiger partial charge in [0.15, 0.2) is 0 Å². The topological polar surface area (TPSA) is 43.8 Å². The Labute approximate surface area is 147 Å². The molecule has 25 heavy (non-hydrogen) atoms. The Morgan fingerprint density at radius 1 is 1.12 bits per heavy atom. The van der Waals surface area contributed by atoms with Crippen molar-refractivity contribution in [1.29, 1.82) is 0 Å². The van der Waals surface area contributed by atoms with Crippen LogP contribution in [0.1, 0.15) is 24.1 Å². The number of aliphatic carboxylic acids is 1. The first-order valence-electron chi connectivity index (χ1n) is 8.55. The number of halogens is 1. The Morgan fingerprint density at radius 3 is 2.36 bits per heavy atom. The molecule has 1 fully saturated rings. The van der Waals surface area contributed by atoms with Crippen LogP contribution in [-0.4, -0.2) is 53.1 Å². The highest BCUT2D eigenvalue weighted by Crippen LogP contribution is 2.30. The van der Waals surface area contributed by atoms with Gasteiger partial charge in [0, 0.05) is 25.7 Å². The van der Waals surface area contributed by atoms with Crippen LogP contribution < -0.4 is 0 Å². The summed E-state index contributed by atoms with van der Waals surface area (Å²) in [5, 5.41) is 9.05. The van der Waals surface area contributed by atoms with Gasteiger partial charge >= 0.3 is 5.97 Å². The molecule has 5 heteroatoms. The van der Waals surface area contributed by atoms with Gasteiger partial charge in [0.1, 0.15) is 5.82 Å². The molecule has 1 aliphatic rings. The molecule has 0 aromatic heterocycles.